The van der Waals surface area contributed by atoms with Crippen LogP contribution in [0.4, 0.5) is 0 Å². The molecule has 1 saturated heterocycles. The Morgan fingerprint density at radius 3 is 3.09 bits per heavy atom. The fourth-order valence-corrected chi connectivity index (χ4v) is 2.92. The van der Waals surface area contributed by atoms with Gasteiger partial charge in [-0.15, -0.1) is 0 Å². The molecular formula is C8H12INO. The van der Waals surface area contributed by atoms with Crippen LogP contribution in [0.5, 0.6) is 0 Å². The Bertz CT molecular complexity index is 183. The smallest absolute Gasteiger partial charge is 0.220 e. The normalized spacial score (nSPS) is 43.4. The van der Waals surface area contributed by atoms with E-state index in [1.54, 1.807) is 0 Å². The summed E-state index contributed by atoms with van der Waals surface area (Å²) in [6, 6.07) is 0.482. The van der Waals surface area contributed by atoms with Crippen LogP contribution in [0.1, 0.15) is 25.7 Å². The molecule has 0 unspecified atom stereocenters. The van der Waals surface area contributed by atoms with Gasteiger partial charge in [0.15, 0.2) is 0 Å². The molecule has 2 nitrogen and oxygen atoms in total. The van der Waals surface area contributed by atoms with Gasteiger partial charge in [-0.3, -0.25) is 4.79 Å². The minimum absolute atomic E-state index is 0.271. The lowest BCUT2D eigenvalue weighted by Crippen LogP contribution is -2.49. The van der Waals surface area contributed by atoms with Gasteiger partial charge in [0.25, 0.3) is 0 Å². The number of carbonyl (C=O) groups is 1. The van der Waals surface area contributed by atoms with Crippen molar-refractivity contribution in [1.29, 1.82) is 0 Å². The molecule has 1 aliphatic carbocycles. The average molecular weight is 265 g/mol. The third-order valence-corrected chi connectivity index (χ3v) is 4.19. The van der Waals surface area contributed by atoms with E-state index in [4.69, 9.17) is 0 Å². The second-order valence-electron chi connectivity index (χ2n) is 3.57. The Morgan fingerprint density at radius 1 is 1.45 bits per heavy atom. The summed E-state index contributed by atoms with van der Waals surface area (Å²) in [7, 11) is 0. The predicted molar refractivity (Wildman–Crippen MR) is 51.7 cm³/mol. The lowest BCUT2D eigenvalue weighted by Gasteiger charge is -2.37. The van der Waals surface area contributed by atoms with Crippen molar-refractivity contribution in [1.82, 2.24) is 5.32 Å². The highest BCUT2D eigenvalue weighted by molar-refractivity contribution is 14.1. The number of piperidine rings is 1. The number of hydrogen-bond acceptors (Lipinski definition) is 1. The summed E-state index contributed by atoms with van der Waals surface area (Å²) < 4.78 is 0.674. The molecule has 0 aromatic carbocycles. The summed E-state index contributed by atoms with van der Waals surface area (Å²) in [6.45, 7) is 0. The highest BCUT2D eigenvalue weighted by Gasteiger charge is 2.34. The summed E-state index contributed by atoms with van der Waals surface area (Å²) in [5.41, 5.74) is 0. The molecule has 2 rings (SSSR count). The van der Waals surface area contributed by atoms with Crippen LogP contribution in [0.15, 0.2) is 0 Å². The van der Waals surface area contributed by atoms with Crippen molar-refractivity contribution < 1.29 is 4.79 Å². The zero-order valence-electron chi connectivity index (χ0n) is 6.35. The summed E-state index contributed by atoms with van der Waals surface area (Å²) >= 11 is 2.46. The Labute approximate surface area is 80.3 Å². The molecule has 0 radical (unpaired) electrons. The van der Waals surface area contributed by atoms with Crippen LogP contribution in [-0.2, 0) is 4.79 Å². The van der Waals surface area contributed by atoms with E-state index in [0.29, 0.717) is 15.9 Å². The minimum atomic E-state index is 0.271. The summed E-state index contributed by atoms with van der Waals surface area (Å²) in [5, 5.41) is 3.05. The largest absolute Gasteiger partial charge is 0.352 e. The number of alkyl halides is 1. The Hall–Kier alpha value is 0.200. The Balaban J connectivity index is 2.08. The van der Waals surface area contributed by atoms with Gasteiger partial charge in [0.05, 0.1) is 0 Å². The molecular weight excluding hydrogens is 253 g/mol. The molecule has 1 aliphatic heterocycles. The quantitative estimate of drug-likeness (QED) is 0.521. The lowest BCUT2D eigenvalue weighted by molar-refractivity contribution is -0.125. The number of hydrogen-bond donors (Lipinski definition) is 1. The molecule has 1 saturated carbocycles. The highest BCUT2D eigenvalue weighted by Crippen LogP contribution is 2.34. The topological polar surface area (TPSA) is 29.1 Å². The summed E-state index contributed by atoms with van der Waals surface area (Å²) in [4.78, 5) is 11.1. The molecule has 3 atom stereocenters. The second-order valence-corrected chi connectivity index (χ2v) is 5.17. The van der Waals surface area contributed by atoms with Crippen molar-refractivity contribution in [3.05, 3.63) is 0 Å². The number of amides is 1. The van der Waals surface area contributed by atoms with Crippen molar-refractivity contribution >= 4 is 28.5 Å². The van der Waals surface area contributed by atoms with Crippen LogP contribution in [-0.4, -0.2) is 15.9 Å². The van der Waals surface area contributed by atoms with Gasteiger partial charge in [0.1, 0.15) is 0 Å². The first-order valence-electron chi connectivity index (χ1n) is 4.19. The number of rotatable bonds is 0. The average Bonchev–Trinajstić information content (AvgIpc) is 1.97. The Kier molecular flexibility index (Phi) is 2.08. The van der Waals surface area contributed by atoms with Crippen molar-refractivity contribution in [2.75, 3.05) is 0 Å². The first-order chi connectivity index (χ1) is 5.25. The molecule has 0 spiro atoms. The fraction of sp³-hybridized carbons (Fsp3) is 0.875. The molecule has 62 valence electrons. The number of carbonyl (C=O) groups excluding carboxylic acids is 1. The van der Waals surface area contributed by atoms with E-state index >= 15 is 0 Å². The van der Waals surface area contributed by atoms with Gasteiger partial charge < -0.3 is 5.32 Å². The molecule has 1 N–H and O–H groups in total. The van der Waals surface area contributed by atoms with E-state index in [1.807, 2.05) is 0 Å². The van der Waals surface area contributed by atoms with Gasteiger partial charge in [-0.25, -0.2) is 0 Å². The maximum atomic E-state index is 11.1. The maximum Gasteiger partial charge on any atom is 0.220 e. The van der Waals surface area contributed by atoms with Gasteiger partial charge in [0, 0.05) is 16.4 Å². The van der Waals surface area contributed by atoms with E-state index in [2.05, 4.69) is 27.9 Å². The maximum absolute atomic E-state index is 11.1. The summed E-state index contributed by atoms with van der Waals surface area (Å²) in [5.74, 6) is 0.965. The number of halogens is 1. The molecule has 1 heterocycles. The molecule has 11 heavy (non-hydrogen) atoms. The lowest BCUT2D eigenvalue weighted by atomic mass is 9.81. The van der Waals surface area contributed by atoms with Gasteiger partial charge in [-0.1, -0.05) is 22.6 Å². The van der Waals surface area contributed by atoms with Crippen LogP contribution in [0.3, 0.4) is 0 Å². The second kappa shape index (κ2) is 2.92. The molecule has 0 aromatic rings. The van der Waals surface area contributed by atoms with E-state index in [-0.39, 0.29) is 5.91 Å². The first kappa shape index (κ1) is 7.83. The molecule has 2 fully saturated rings. The Morgan fingerprint density at radius 2 is 2.27 bits per heavy atom. The summed E-state index contributed by atoms with van der Waals surface area (Å²) in [6.07, 6.45) is 4.55. The fourth-order valence-electron chi connectivity index (χ4n) is 2.08. The molecule has 1 amide bonds. The SMILES string of the molecule is O=C1C[C@@H]2CC[C@H](I)[C@H](C2)N1. The van der Waals surface area contributed by atoms with Crippen LogP contribution in [0.25, 0.3) is 0 Å². The zero-order chi connectivity index (χ0) is 7.84. The van der Waals surface area contributed by atoms with Crippen LogP contribution in [0.2, 0.25) is 0 Å². The van der Waals surface area contributed by atoms with Crippen molar-refractivity contribution in [2.24, 2.45) is 5.92 Å². The van der Waals surface area contributed by atoms with E-state index in [0.717, 1.165) is 6.42 Å². The standard InChI is InChI=1S/C8H12INO/c9-6-2-1-5-3-7(6)10-8(11)4-5/h5-7H,1-4H2,(H,10,11)/t5-,6+,7+/m1/s1. The van der Waals surface area contributed by atoms with Crippen molar-refractivity contribution in [3.63, 3.8) is 0 Å². The number of nitrogens with one attached hydrogen (secondary N) is 1. The van der Waals surface area contributed by atoms with Crippen LogP contribution >= 0.6 is 22.6 Å². The van der Waals surface area contributed by atoms with E-state index in [1.165, 1.54) is 19.3 Å². The molecule has 2 aliphatic rings. The van der Waals surface area contributed by atoms with Gasteiger partial charge in [-0.05, 0) is 25.2 Å². The third kappa shape index (κ3) is 1.53. The minimum Gasteiger partial charge on any atom is -0.352 e. The predicted octanol–water partition coefficient (Wildman–Crippen LogP) is 1.48. The van der Waals surface area contributed by atoms with Gasteiger partial charge in [0.2, 0.25) is 5.91 Å². The highest BCUT2D eigenvalue weighted by atomic mass is 127. The number of fused-ring (bicyclic) bond motifs is 2. The zero-order valence-corrected chi connectivity index (χ0v) is 8.50. The van der Waals surface area contributed by atoms with E-state index < -0.39 is 0 Å². The van der Waals surface area contributed by atoms with Crippen LogP contribution < -0.4 is 5.32 Å². The molecule has 0 aromatic heterocycles. The van der Waals surface area contributed by atoms with Gasteiger partial charge >= 0.3 is 0 Å². The van der Waals surface area contributed by atoms with Crippen LogP contribution in [0, 0.1) is 5.92 Å². The van der Waals surface area contributed by atoms with E-state index in [9.17, 15) is 4.79 Å². The monoisotopic (exact) mass is 265 g/mol. The molecule has 3 heteroatoms. The first-order valence-corrected chi connectivity index (χ1v) is 5.43. The van der Waals surface area contributed by atoms with Gasteiger partial charge in [-0.2, -0.15) is 0 Å². The van der Waals surface area contributed by atoms with Crippen molar-refractivity contribution in [2.45, 2.75) is 35.6 Å². The van der Waals surface area contributed by atoms with Crippen molar-refractivity contribution in [3.8, 4) is 0 Å². The third-order valence-electron chi connectivity index (χ3n) is 2.70. The molecule has 2 bridgehead atoms.